The van der Waals surface area contributed by atoms with Crippen LogP contribution in [0, 0.1) is 5.82 Å². The predicted octanol–water partition coefficient (Wildman–Crippen LogP) is 1.11. The molecule has 7 nitrogen and oxygen atoms in total. The summed E-state index contributed by atoms with van der Waals surface area (Å²) < 4.78 is 39.6. The van der Waals surface area contributed by atoms with Crippen molar-refractivity contribution in [2.24, 2.45) is 0 Å². The minimum absolute atomic E-state index is 0.164. The van der Waals surface area contributed by atoms with Gasteiger partial charge in [-0.3, -0.25) is 0 Å². The molecule has 0 fully saturated rings. The first-order valence-electron chi connectivity index (χ1n) is 5.97. The van der Waals surface area contributed by atoms with E-state index in [1.54, 1.807) is 6.92 Å². The Bertz CT molecular complexity index is 786. The Morgan fingerprint density at radius 2 is 2.14 bits per heavy atom. The minimum atomic E-state index is -4.06. The first kappa shape index (κ1) is 15.1. The third kappa shape index (κ3) is 3.07. The molecule has 0 aliphatic heterocycles. The molecule has 0 bridgehead atoms. The van der Waals surface area contributed by atoms with Crippen molar-refractivity contribution in [1.82, 2.24) is 14.8 Å². The SMILES string of the molecule is CCn1ncnc1CS(=O)(=O)c1cc(C(=O)O)ccc1F. The van der Waals surface area contributed by atoms with Crippen LogP contribution in [0.15, 0.2) is 29.4 Å². The summed E-state index contributed by atoms with van der Waals surface area (Å²) in [5.41, 5.74) is -0.299. The fourth-order valence-electron chi connectivity index (χ4n) is 1.79. The summed E-state index contributed by atoms with van der Waals surface area (Å²) in [5, 5.41) is 12.7. The smallest absolute Gasteiger partial charge is 0.335 e. The molecule has 9 heteroatoms. The molecule has 1 aromatic carbocycles. The first-order chi connectivity index (χ1) is 9.85. The van der Waals surface area contributed by atoms with Crippen LogP contribution in [-0.2, 0) is 22.1 Å². The molecule has 0 spiro atoms. The van der Waals surface area contributed by atoms with E-state index >= 15 is 0 Å². The molecule has 0 atom stereocenters. The molecule has 21 heavy (non-hydrogen) atoms. The van der Waals surface area contributed by atoms with Gasteiger partial charge in [-0.1, -0.05) is 0 Å². The number of carbonyl (C=O) groups is 1. The van der Waals surface area contributed by atoms with Crippen molar-refractivity contribution in [3.05, 3.63) is 41.7 Å². The van der Waals surface area contributed by atoms with Crippen molar-refractivity contribution < 1.29 is 22.7 Å². The highest BCUT2D eigenvalue weighted by Crippen LogP contribution is 2.20. The van der Waals surface area contributed by atoms with Crippen LogP contribution in [0.1, 0.15) is 23.1 Å². The van der Waals surface area contributed by atoms with Crippen molar-refractivity contribution in [3.63, 3.8) is 0 Å². The van der Waals surface area contributed by atoms with Crippen LogP contribution in [-0.4, -0.2) is 34.3 Å². The lowest BCUT2D eigenvalue weighted by molar-refractivity contribution is 0.0696. The van der Waals surface area contributed by atoms with E-state index in [9.17, 15) is 17.6 Å². The molecule has 0 saturated heterocycles. The fraction of sp³-hybridized carbons (Fsp3) is 0.250. The van der Waals surface area contributed by atoms with Gasteiger partial charge in [0.15, 0.2) is 9.84 Å². The zero-order chi connectivity index (χ0) is 15.6. The second-order valence-corrected chi connectivity index (χ2v) is 6.16. The highest BCUT2D eigenvalue weighted by atomic mass is 32.2. The number of aryl methyl sites for hydroxylation is 1. The minimum Gasteiger partial charge on any atom is -0.478 e. The number of benzene rings is 1. The van der Waals surface area contributed by atoms with Gasteiger partial charge in [0.1, 0.15) is 28.6 Å². The summed E-state index contributed by atoms with van der Waals surface area (Å²) in [6.45, 7) is 2.18. The van der Waals surface area contributed by atoms with E-state index in [1.165, 1.54) is 11.0 Å². The summed E-state index contributed by atoms with van der Waals surface area (Å²) in [7, 11) is -4.06. The standard InChI is InChI=1S/C12H12FN3O4S/c1-2-16-11(14-7-15-16)6-21(19,20)10-5-8(12(17)18)3-4-9(10)13/h3-5,7H,2,6H2,1H3,(H,17,18). The number of carboxylic acid groups (broad SMARTS) is 1. The van der Waals surface area contributed by atoms with E-state index in [-0.39, 0.29) is 11.4 Å². The van der Waals surface area contributed by atoms with Crippen LogP contribution in [0.2, 0.25) is 0 Å². The van der Waals surface area contributed by atoms with E-state index in [2.05, 4.69) is 10.1 Å². The van der Waals surface area contributed by atoms with E-state index in [0.717, 1.165) is 18.2 Å². The van der Waals surface area contributed by atoms with Crippen molar-refractivity contribution >= 4 is 15.8 Å². The fourth-order valence-corrected chi connectivity index (χ4v) is 3.18. The monoisotopic (exact) mass is 313 g/mol. The Kier molecular flexibility index (Phi) is 4.03. The Morgan fingerprint density at radius 3 is 2.76 bits per heavy atom. The van der Waals surface area contributed by atoms with Crippen LogP contribution >= 0.6 is 0 Å². The first-order valence-corrected chi connectivity index (χ1v) is 7.62. The number of rotatable bonds is 5. The molecule has 0 radical (unpaired) electrons. The molecule has 1 heterocycles. The van der Waals surface area contributed by atoms with Gasteiger partial charge in [-0.25, -0.2) is 27.3 Å². The normalized spacial score (nSPS) is 11.5. The van der Waals surface area contributed by atoms with Gasteiger partial charge in [0.05, 0.1) is 5.56 Å². The van der Waals surface area contributed by atoms with E-state index in [0.29, 0.717) is 6.54 Å². The van der Waals surface area contributed by atoms with Crippen LogP contribution < -0.4 is 0 Å². The third-order valence-corrected chi connectivity index (χ3v) is 4.45. The summed E-state index contributed by atoms with van der Waals surface area (Å²) in [6.07, 6.45) is 1.21. The zero-order valence-electron chi connectivity index (χ0n) is 11.0. The summed E-state index contributed by atoms with van der Waals surface area (Å²) in [5.74, 6) is -2.72. The number of aromatic nitrogens is 3. The van der Waals surface area contributed by atoms with Gasteiger partial charge in [-0.05, 0) is 25.1 Å². The largest absolute Gasteiger partial charge is 0.478 e. The predicted molar refractivity (Wildman–Crippen MR) is 69.9 cm³/mol. The number of aromatic carboxylic acids is 1. The third-order valence-electron chi connectivity index (χ3n) is 2.83. The Hall–Kier alpha value is -2.29. The quantitative estimate of drug-likeness (QED) is 0.887. The van der Waals surface area contributed by atoms with E-state index in [1.807, 2.05) is 0 Å². The number of hydrogen-bond acceptors (Lipinski definition) is 5. The Morgan fingerprint density at radius 1 is 1.43 bits per heavy atom. The van der Waals surface area contributed by atoms with Crippen LogP contribution in [0.25, 0.3) is 0 Å². The lowest BCUT2D eigenvalue weighted by Gasteiger charge is -2.07. The zero-order valence-corrected chi connectivity index (χ0v) is 11.8. The molecule has 0 saturated carbocycles. The number of sulfone groups is 1. The van der Waals surface area contributed by atoms with Gasteiger partial charge in [0.2, 0.25) is 0 Å². The molecular weight excluding hydrogens is 301 g/mol. The van der Waals surface area contributed by atoms with E-state index in [4.69, 9.17) is 5.11 Å². The van der Waals surface area contributed by atoms with Gasteiger partial charge in [-0.15, -0.1) is 0 Å². The van der Waals surface area contributed by atoms with Gasteiger partial charge in [0.25, 0.3) is 0 Å². The maximum absolute atomic E-state index is 13.7. The number of halogens is 1. The van der Waals surface area contributed by atoms with Crippen molar-refractivity contribution in [3.8, 4) is 0 Å². The van der Waals surface area contributed by atoms with Crippen molar-refractivity contribution in [1.29, 1.82) is 0 Å². The number of nitrogens with zero attached hydrogens (tertiary/aromatic N) is 3. The highest BCUT2D eigenvalue weighted by molar-refractivity contribution is 7.90. The molecular formula is C12H12FN3O4S. The summed E-state index contributed by atoms with van der Waals surface area (Å²) in [6, 6.07) is 2.63. The molecule has 112 valence electrons. The van der Waals surface area contributed by atoms with Crippen LogP contribution in [0.5, 0.6) is 0 Å². The van der Waals surface area contributed by atoms with Crippen molar-refractivity contribution in [2.45, 2.75) is 24.1 Å². The second kappa shape index (κ2) is 5.60. The van der Waals surface area contributed by atoms with Gasteiger partial charge in [-0.2, -0.15) is 5.10 Å². The molecule has 2 aromatic rings. The molecule has 1 aromatic heterocycles. The second-order valence-electron chi connectivity index (χ2n) is 4.20. The maximum Gasteiger partial charge on any atom is 0.335 e. The lowest BCUT2D eigenvalue weighted by atomic mass is 10.2. The van der Waals surface area contributed by atoms with Gasteiger partial charge in [0, 0.05) is 6.54 Å². The molecule has 1 N–H and O–H groups in total. The summed E-state index contributed by atoms with van der Waals surface area (Å²) in [4.78, 5) is 14.0. The van der Waals surface area contributed by atoms with Gasteiger partial charge >= 0.3 is 5.97 Å². The maximum atomic E-state index is 13.7. The highest BCUT2D eigenvalue weighted by Gasteiger charge is 2.24. The molecule has 0 aliphatic carbocycles. The van der Waals surface area contributed by atoms with Crippen molar-refractivity contribution in [2.75, 3.05) is 0 Å². The Labute approximate surface area is 120 Å². The number of hydrogen-bond donors (Lipinski definition) is 1. The van der Waals surface area contributed by atoms with Gasteiger partial charge < -0.3 is 5.11 Å². The van der Waals surface area contributed by atoms with Crippen LogP contribution in [0.3, 0.4) is 0 Å². The Balaban J connectivity index is 2.44. The lowest BCUT2D eigenvalue weighted by Crippen LogP contribution is -2.13. The topological polar surface area (TPSA) is 102 Å². The summed E-state index contributed by atoms with van der Waals surface area (Å²) >= 11 is 0. The molecule has 0 aliphatic rings. The average molecular weight is 313 g/mol. The molecule has 2 rings (SSSR count). The van der Waals surface area contributed by atoms with E-state index < -0.39 is 32.3 Å². The average Bonchev–Trinajstić information content (AvgIpc) is 2.85. The molecule has 0 amide bonds. The molecule has 0 unspecified atom stereocenters. The van der Waals surface area contributed by atoms with Crippen LogP contribution in [0.4, 0.5) is 4.39 Å². The number of carboxylic acids is 1.